The highest BCUT2D eigenvalue weighted by Crippen LogP contribution is 2.21. The van der Waals surface area contributed by atoms with E-state index in [9.17, 15) is 4.79 Å². The predicted molar refractivity (Wildman–Crippen MR) is 84.1 cm³/mol. The van der Waals surface area contributed by atoms with Gasteiger partial charge in [-0.25, -0.2) is 0 Å². The Kier molecular flexibility index (Phi) is 6.93. The summed E-state index contributed by atoms with van der Waals surface area (Å²) in [5.41, 5.74) is 0. The summed E-state index contributed by atoms with van der Waals surface area (Å²) in [7, 11) is 2.08. The van der Waals surface area contributed by atoms with E-state index in [-0.39, 0.29) is 12.5 Å². The molecule has 0 bridgehead atoms. The van der Waals surface area contributed by atoms with Crippen LogP contribution in [0.4, 0.5) is 0 Å². The first-order valence-electron chi connectivity index (χ1n) is 8.50. The van der Waals surface area contributed by atoms with E-state index >= 15 is 0 Å². The molecule has 2 saturated heterocycles. The normalized spacial score (nSPS) is 24.5. The maximum atomic E-state index is 12.5. The monoisotopic (exact) mass is 297 g/mol. The number of piperidine rings is 2. The van der Waals surface area contributed by atoms with Crippen LogP contribution in [0.5, 0.6) is 0 Å². The fraction of sp³-hybridized carbons (Fsp3) is 0.938. The minimum atomic E-state index is 0.267. The number of carbonyl (C=O) groups excluding carboxylic acids is 1. The van der Waals surface area contributed by atoms with Crippen LogP contribution >= 0.6 is 0 Å². The summed E-state index contributed by atoms with van der Waals surface area (Å²) in [4.78, 5) is 16.8. The summed E-state index contributed by atoms with van der Waals surface area (Å²) in [6.07, 6.45) is 6.50. The lowest BCUT2D eigenvalue weighted by Gasteiger charge is -2.36. The van der Waals surface area contributed by atoms with Crippen LogP contribution in [-0.2, 0) is 4.79 Å². The molecule has 0 aliphatic carbocycles. The number of likely N-dealkylation sites (N-methyl/N-ethyl adjacent to an activating group) is 1. The second-order valence-corrected chi connectivity index (χ2v) is 6.61. The van der Waals surface area contributed by atoms with E-state index in [1.165, 1.54) is 6.42 Å². The summed E-state index contributed by atoms with van der Waals surface area (Å²) >= 11 is 0. The summed E-state index contributed by atoms with van der Waals surface area (Å²) in [6, 6.07) is 0.546. The number of hydrogen-bond donors (Lipinski definition) is 2. The first-order valence-corrected chi connectivity index (χ1v) is 8.50. The molecule has 2 aliphatic rings. The zero-order valence-corrected chi connectivity index (χ0v) is 13.4. The maximum Gasteiger partial charge on any atom is 0.236 e. The number of aliphatic hydroxyl groups excluding tert-OH is 1. The Labute approximate surface area is 128 Å². The molecule has 2 rings (SSSR count). The molecular weight excluding hydrogens is 266 g/mol. The van der Waals surface area contributed by atoms with Crippen molar-refractivity contribution < 1.29 is 9.90 Å². The molecule has 0 aromatic rings. The van der Waals surface area contributed by atoms with Gasteiger partial charge >= 0.3 is 0 Å². The molecule has 1 amide bonds. The van der Waals surface area contributed by atoms with Crippen molar-refractivity contribution in [1.82, 2.24) is 15.1 Å². The molecule has 0 radical (unpaired) electrons. The van der Waals surface area contributed by atoms with Gasteiger partial charge in [-0.15, -0.1) is 0 Å². The van der Waals surface area contributed by atoms with Crippen molar-refractivity contribution in [3.8, 4) is 0 Å². The molecule has 2 fully saturated rings. The third-order valence-electron chi connectivity index (χ3n) is 4.96. The smallest absolute Gasteiger partial charge is 0.236 e. The van der Waals surface area contributed by atoms with E-state index < -0.39 is 0 Å². The van der Waals surface area contributed by atoms with E-state index in [0.717, 1.165) is 58.3 Å². The van der Waals surface area contributed by atoms with Gasteiger partial charge in [-0.05, 0) is 64.6 Å². The molecule has 0 aromatic heterocycles. The van der Waals surface area contributed by atoms with Crippen LogP contribution in [0.1, 0.15) is 38.5 Å². The van der Waals surface area contributed by atoms with Crippen LogP contribution in [-0.4, -0.2) is 73.2 Å². The third-order valence-corrected chi connectivity index (χ3v) is 4.96. The lowest BCUT2D eigenvalue weighted by atomic mass is 9.93. The third kappa shape index (κ3) is 5.24. The van der Waals surface area contributed by atoms with Crippen molar-refractivity contribution in [3.63, 3.8) is 0 Å². The van der Waals surface area contributed by atoms with Gasteiger partial charge < -0.3 is 15.3 Å². The molecule has 21 heavy (non-hydrogen) atoms. The number of rotatable bonds is 6. The second-order valence-electron chi connectivity index (χ2n) is 6.61. The standard InChI is InChI=1S/C16H31N3O2/c1-18(15-6-8-17-9-7-15)13-16(21)19-10-2-4-14(12-19)5-3-11-20/h14-15,17,20H,2-13H2,1H3. The van der Waals surface area contributed by atoms with Crippen molar-refractivity contribution in [2.75, 3.05) is 46.4 Å². The summed E-state index contributed by atoms with van der Waals surface area (Å²) in [5, 5.41) is 12.3. The number of likely N-dealkylation sites (tertiary alicyclic amines) is 1. The van der Waals surface area contributed by atoms with E-state index in [2.05, 4.69) is 17.3 Å². The second kappa shape index (κ2) is 8.71. The average Bonchev–Trinajstić information content (AvgIpc) is 2.54. The highest BCUT2D eigenvalue weighted by atomic mass is 16.2. The minimum absolute atomic E-state index is 0.267. The Bertz CT molecular complexity index is 319. The molecule has 5 heteroatoms. The van der Waals surface area contributed by atoms with Crippen molar-refractivity contribution in [1.29, 1.82) is 0 Å². The number of amides is 1. The van der Waals surface area contributed by atoms with Crippen LogP contribution in [0, 0.1) is 5.92 Å². The summed E-state index contributed by atoms with van der Waals surface area (Å²) < 4.78 is 0. The number of nitrogens with zero attached hydrogens (tertiary/aromatic N) is 2. The van der Waals surface area contributed by atoms with Crippen LogP contribution in [0.15, 0.2) is 0 Å². The van der Waals surface area contributed by atoms with Crippen LogP contribution in [0.2, 0.25) is 0 Å². The first-order chi connectivity index (χ1) is 10.2. The molecule has 1 atom stereocenters. The molecule has 0 spiro atoms. The first kappa shape index (κ1) is 16.7. The van der Waals surface area contributed by atoms with Gasteiger partial charge in [-0.2, -0.15) is 0 Å². The average molecular weight is 297 g/mol. The molecule has 1 unspecified atom stereocenters. The zero-order valence-electron chi connectivity index (χ0n) is 13.4. The maximum absolute atomic E-state index is 12.5. The van der Waals surface area contributed by atoms with Gasteiger partial charge in [0.15, 0.2) is 0 Å². The van der Waals surface area contributed by atoms with Gasteiger partial charge in [0.2, 0.25) is 5.91 Å². The molecule has 2 heterocycles. The van der Waals surface area contributed by atoms with Crippen molar-refractivity contribution in [2.45, 2.75) is 44.6 Å². The number of aliphatic hydroxyl groups is 1. The summed E-state index contributed by atoms with van der Waals surface area (Å²) in [5.74, 6) is 0.865. The Morgan fingerprint density at radius 3 is 2.81 bits per heavy atom. The van der Waals surface area contributed by atoms with Gasteiger partial charge in [0.1, 0.15) is 0 Å². The fourth-order valence-electron chi connectivity index (χ4n) is 3.60. The summed E-state index contributed by atoms with van der Waals surface area (Å²) in [6.45, 7) is 4.75. The number of carbonyl (C=O) groups is 1. The Morgan fingerprint density at radius 1 is 1.33 bits per heavy atom. The molecule has 2 aliphatic heterocycles. The lowest BCUT2D eigenvalue weighted by molar-refractivity contribution is -0.134. The Morgan fingerprint density at radius 2 is 2.10 bits per heavy atom. The van der Waals surface area contributed by atoms with E-state index in [1.54, 1.807) is 0 Å². The van der Waals surface area contributed by atoms with Gasteiger partial charge in [0.25, 0.3) is 0 Å². The highest BCUT2D eigenvalue weighted by molar-refractivity contribution is 5.78. The van der Waals surface area contributed by atoms with E-state index in [4.69, 9.17) is 5.11 Å². The Hall–Kier alpha value is -0.650. The molecular formula is C16H31N3O2. The van der Waals surface area contributed by atoms with Gasteiger partial charge in [-0.1, -0.05) is 0 Å². The molecule has 0 aromatic carbocycles. The van der Waals surface area contributed by atoms with Crippen LogP contribution in [0.3, 0.4) is 0 Å². The molecule has 122 valence electrons. The topological polar surface area (TPSA) is 55.8 Å². The molecule has 5 nitrogen and oxygen atoms in total. The van der Waals surface area contributed by atoms with E-state index in [1.807, 2.05) is 4.90 Å². The lowest BCUT2D eigenvalue weighted by Crippen LogP contribution is -2.48. The van der Waals surface area contributed by atoms with Crippen molar-refractivity contribution in [3.05, 3.63) is 0 Å². The highest BCUT2D eigenvalue weighted by Gasteiger charge is 2.26. The SMILES string of the molecule is CN(CC(=O)N1CCCC(CCCO)C1)C1CCNCC1. The Balaban J connectivity index is 1.76. The number of hydrogen-bond acceptors (Lipinski definition) is 4. The minimum Gasteiger partial charge on any atom is -0.396 e. The fourth-order valence-corrected chi connectivity index (χ4v) is 3.60. The van der Waals surface area contributed by atoms with Crippen LogP contribution < -0.4 is 5.32 Å². The van der Waals surface area contributed by atoms with E-state index in [0.29, 0.717) is 18.5 Å². The van der Waals surface area contributed by atoms with Crippen LogP contribution in [0.25, 0.3) is 0 Å². The van der Waals surface area contributed by atoms with Crippen molar-refractivity contribution in [2.24, 2.45) is 5.92 Å². The quantitative estimate of drug-likeness (QED) is 0.757. The largest absolute Gasteiger partial charge is 0.396 e. The van der Waals surface area contributed by atoms with Gasteiger partial charge in [0.05, 0.1) is 6.54 Å². The number of nitrogens with one attached hydrogen (secondary N) is 1. The van der Waals surface area contributed by atoms with Gasteiger partial charge in [-0.3, -0.25) is 9.69 Å². The predicted octanol–water partition coefficient (Wildman–Crippen LogP) is 0.681. The molecule has 2 N–H and O–H groups in total. The molecule has 0 saturated carbocycles. The van der Waals surface area contributed by atoms with Gasteiger partial charge in [0, 0.05) is 25.7 Å². The van der Waals surface area contributed by atoms with Crippen molar-refractivity contribution >= 4 is 5.91 Å². The zero-order chi connectivity index (χ0) is 15.1.